The third kappa shape index (κ3) is 4.56. The van der Waals surface area contributed by atoms with Crippen LogP contribution in [0.25, 0.3) is 10.9 Å². The van der Waals surface area contributed by atoms with Crippen molar-refractivity contribution in [3.05, 3.63) is 24.3 Å². The quantitative estimate of drug-likeness (QED) is 0.757. The average molecular weight is 289 g/mol. The second kappa shape index (κ2) is 7.78. The van der Waals surface area contributed by atoms with Crippen molar-refractivity contribution in [3.63, 3.8) is 0 Å². The molecule has 1 heterocycles. The number of fused-ring (bicyclic) bond motifs is 1. The smallest absolute Gasteiger partial charge is 0.226 e. The molecule has 0 aliphatic heterocycles. The summed E-state index contributed by atoms with van der Waals surface area (Å²) in [6.45, 7) is 8.83. The van der Waals surface area contributed by atoms with E-state index in [2.05, 4.69) is 29.1 Å². The van der Waals surface area contributed by atoms with Gasteiger partial charge in [0.2, 0.25) is 11.8 Å². The molecule has 0 radical (unpaired) electrons. The lowest BCUT2D eigenvalue weighted by atomic mass is 10.2. The normalized spacial score (nSPS) is 11.0. The van der Waals surface area contributed by atoms with Gasteiger partial charge >= 0.3 is 0 Å². The molecule has 0 amide bonds. The van der Waals surface area contributed by atoms with Gasteiger partial charge in [0.15, 0.2) is 0 Å². The lowest BCUT2D eigenvalue weighted by Crippen LogP contribution is -2.12. The van der Waals surface area contributed by atoms with Crippen LogP contribution in [0.3, 0.4) is 0 Å². The van der Waals surface area contributed by atoms with Crippen LogP contribution in [-0.4, -0.2) is 36.3 Å². The zero-order chi connectivity index (χ0) is 15.1. The van der Waals surface area contributed by atoms with E-state index in [1.54, 1.807) is 0 Å². The molecule has 5 nitrogen and oxygen atoms in total. The lowest BCUT2D eigenvalue weighted by molar-refractivity contribution is 0.0811. The molecule has 0 aliphatic rings. The zero-order valence-corrected chi connectivity index (χ0v) is 12.9. The Labute approximate surface area is 125 Å². The average Bonchev–Trinajstić information content (AvgIpc) is 2.47. The van der Waals surface area contributed by atoms with Gasteiger partial charge in [-0.15, -0.1) is 0 Å². The van der Waals surface area contributed by atoms with Gasteiger partial charge in [-0.05, 0) is 25.0 Å². The van der Waals surface area contributed by atoms with Crippen LogP contribution in [0, 0.1) is 5.92 Å². The third-order valence-corrected chi connectivity index (χ3v) is 2.82. The molecule has 0 saturated carbocycles. The van der Waals surface area contributed by atoms with Gasteiger partial charge in [0, 0.05) is 13.2 Å². The molecule has 0 unspecified atom stereocenters. The highest BCUT2D eigenvalue weighted by molar-refractivity contribution is 5.84. The fourth-order valence-corrected chi connectivity index (χ4v) is 1.91. The Balaban J connectivity index is 2.06. The highest BCUT2D eigenvalue weighted by Crippen LogP contribution is 2.23. The van der Waals surface area contributed by atoms with E-state index in [0.717, 1.165) is 24.1 Å². The lowest BCUT2D eigenvalue weighted by Gasteiger charge is -2.11. The van der Waals surface area contributed by atoms with Crippen LogP contribution in [-0.2, 0) is 4.74 Å². The van der Waals surface area contributed by atoms with Crippen LogP contribution < -0.4 is 10.1 Å². The highest BCUT2D eigenvalue weighted by Gasteiger charge is 2.08. The van der Waals surface area contributed by atoms with Crippen LogP contribution in [0.2, 0.25) is 0 Å². The highest BCUT2D eigenvalue weighted by atomic mass is 16.5. The van der Waals surface area contributed by atoms with Crippen molar-refractivity contribution in [3.8, 4) is 5.88 Å². The number of rotatable bonds is 8. The van der Waals surface area contributed by atoms with Crippen molar-refractivity contribution in [2.75, 3.05) is 31.7 Å². The molecule has 0 atom stereocenters. The summed E-state index contributed by atoms with van der Waals surface area (Å²) in [5.41, 5.74) is 0.876. The first-order valence-corrected chi connectivity index (χ1v) is 7.42. The van der Waals surface area contributed by atoms with Crippen LogP contribution >= 0.6 is 0 Å². The number of nitrogens with zero attached hydrogens (tertiary/aromatic N) is 2. The van der Waals surface area contributed by atoms with Gasteiger partial charge in [-0.2, -0.15) is 4.98 Å². The second-order valence-electron chi connectivity index (χ2n) is 5.22. The SMILES string of the molecule is CCNc1nc(OCCOCC(C)C)c2ccccc2n1. The largest absolute Gasteiger partial charge is 0.475 e. The molecule has 0 bridgehead atoms. The topological polar surface area (TPSA) is 56.3 Å². The maximum atomic E-state index is 5.77. The summed E-state index contributed by atoms with van der Waals surface area (Å²) in [5, 5.41) is 4.04. The molecule has 21 heavy (non-hydrogen) atoms. The van der Waals surface area contributed by atoms with Gasteiger partial charge in [0.25, 0.3) is 0 Å². The number of anilines is 1. The number of hydrogen-bond donors (Lipinski definition) is 1. The monoisotopic (exact) mass is 289 g/mol. The van der Waals surface area contributed by atoms with Gasteiger partial charge < -0.3 is 14.8 Å². The van der Waals surface area contributed by atoms with Crippen LogP contribution in [0.4, 0.5) is 5.95 Å². The van der Waals surface area contributed by atoms with Gasteiger partial charge in [-0.25, -0.2) is 4.98 Å². The van der Waals surface area contributed by atoms with Gasteiger partial charge in [-0.3, -0.25) is 0 Å². The number of ether oxygens (including phenoxy) is 2. The van der Waals surface area contributed by atoms with E-state index in [1.807, 2.05) is 31.2 Å². The van der Waals surface area contributed by atoms with Crippen molar-refractivity contribution in [2.24, 2.45) is 5.92 Å². The van der Waals surface area contributed by atoms with Crippen molar-refractivity contribution in [2.45, 2.75) is 20.8 Å². The van der Waals surface area contributed by atoms with Crippen molar-refractivity contribution in [1.82, 2.24) is 9.97 Å². The maximum Gasteiger partial charge on any atom is 0.226 e. The maximum absolute atomic E-state index is 5.77. The number of aromatic nitrogens is 2. The first-order valence-electron chi connectivity index (χ1n) is 7.42. The number of benzene rings is 1. The van der Waals surface area contributed by atoms with Gasteiger partial charge in [0.1, 0.15) is 6.61 Å². The third-order valence-electron chi connectivity index (χ3n) is 2.82. The fourth-order valence-electron chi connectivity index (χ4n) is 1.91. The Morgan fingerprint density at radius 3 is 2.71 bits per heavy atom. The molecule has 2 aromatic rings. The minimum absolute atomic E-state index is 0.485. The van der Waals surface area contributed by atoms with E-state index in [-0.39, 0.29) is 0 Å². The van der Waals surface area contributed by atoms with Crippen molar-refractivity contribution < 1.29 is 9.47 Å². The Morgan fingerprint density at radius 1 is 1.14 bits per heavy atom. The van der Waals surface area contributed by atoms with E-state index >= 15 is 0 Å². The number of para-hydroxylation sites is 1. The Morgan fingerprint density at radius 2 is 1.95 bits per heavy atom. The number of nitrogens with one attached hydrogen (secondary N) is 1. The molecular formula is C16H23N3O2. The van der Waals surface area contributed by atoms with Crippen molar-refractivity contribution in [1.29, 1.82) is 0 Å². The minimum Gasteiger partial charge on any atom is -0.475 e. The fraction of sp³-hybridized carbons (Fsp3) is 0.500. The summed E-state index contributed by atoms with van der Waals surface area (Å²) < 4.78 is 11.3. The first kappa shape index (κ1) is 15.5. The summed E-state index contributed by atoms with van der Waals surface area (Å²) in [6.07, 6.45) is 0. The molecular weight excluding hydrogens is 266 g/mol. The van der Waals surface area contributed by atoms with Crippen LogP contribution in [0.5, 0.6) is 5.88 Å². The predicted octanol–water partition coefficient (Wildman–Crippen LogP) is 3.11. The minimum atomic E-state index is 0.485. The Bertz CT molecular complexity index is 572. The molecule has 114 valence electrons. The summed E-state index contributed by atoms with van der Waals surface area (Å²) in [4.78, 5) is 8.88. The molecule has 0 fully saturated rings. The summed E-state index contributed by atoms with van der Waals surface area (Å²) in [7, 11) is 0. The van der Waals surface area contributed by atoms with Crippen LogP contribution in [0.15, 0.2) is 24.3 Å². The molecule has 0 saturated heterocycles. The van der Waals surface area contributed by atoms with E-state index in [1.165, 1.54) is 0 Å². The van der Waals surface area contributed by atoms with Gasteiger partial charge in [-0.1, -0.05) is 26.0 Å². The Kier molecular flexibility index (Phi) is 5.75. The Hall–Kier alpha value is -1.88. The number of hydrogen-bond acceptors (Lipinski definition) is 5. The van der Waals surface area contributed by atoms with Crippen LogP contribution in [0.1, 0.15) is 20.8 Å². The molecule has 1 N–H and O–H groups in total. The second-order valence-corrected chi connectivity index (χ2v) is 5.22. The molecule has 0 spiro atoms. The summed E-state index contributed by atoms with van der Waals surface area (Å²) >= 11 is 0. The standard InChI is InChI=1S/C16H23N3O2/c1-4-17-16-18-14-8-6-5-7-13(14)15(19-16)21-10-9-20-11-12(2)3/h5-8,12H,4,9-11H2,1-3H3,(H,17,18,19). The first-order chi connectivity index (χ1) is 10.2. The van der Waals surface area contributed by atoms with E-state index in [4.69, 9.17) is 9.47 Å². The summed E-state index contributed by atoms with van der Waals surface area (Å²) in [5.74, 6) is 1.73. The molecule has 1 aromatic carbocycles. The predicted molar refractivity (Wildman–Crippen MR) is 84.9 cm³/mol. The molecule has 2 rings (SSSR count). The molecule has 5 heteroatoms. The van der Waals surface area contributed by atoms with Crippen molar-refractivity contribution >= 4 is 16.9 Å². The summed E-state index contributed by atoms with van der Waals surface area (Å²) in [6, 6.07) is 7.84. The van der Waals surface area contributed by atoms with E-state index < -0.39 is 0 Å². The molecule has 0 aliphatic carbocycles. The van der Waals surface area contributed by atoms with E-state index in [9.17, 15) is 0 Å². The van der Waals surface area contributed by atoms with Gasteiger partial charge in [0.05, 0.1) is 17.5 Å². The zero-order valence-electron chi connectivity index (χ0n) is 12.9. The molecule has 1 aromatic heterocycles. The van der Waals surface area contributed by atoms with E-state index in [0.29, 0.717) is 31.0 Å².